The van der Waals surface area contributed by atoms with Crippen molar-refractivity contribution in [2.24, 2.45) is 0 Å². The molecule has 0 aliphatic heterocycles. The van der Waals surface area contributed by atoms with E-state index in [1.807, 2.05) is 0 Å². The Hall–Kier alpha value is -1.38. The number of hydrogen-bond donors (Lipinski definition) is 0. The maximum Gasteiger partial charge on any atom is 0.213 e. The number of aromatic nitrogens is 1. The predicted octanol–water partition coefficient (Wildman–Crippen LogP) is 0.984. The SMILES string of the molecule is [CH]C(=O)c1ccnc(OC)c1. The zero-order valence-electron chi connectivity index (χ0n) is 6.07. The van der Waals surface area contributed by atoms with Crippen molar-refractivity contribution in [2.45, 2.75) is 0 Å². The molecule has 2 radical (unpaired) electrons. The van der Waals surface area contributed by atoms with Crippen LogP contribution in [0.5, 0.6) is 5.88 Å². The van der Waals surface area contributed by atoms with E-state index < -0.39 is 5.78 Å². The van der Waals surface area contributed by atoms with Gasteiger partial charge in [0.25, 0.3) is 0 Å². The molecule has 0 fully saturated rings. The van der Waals surface area contributed by atoms with E-state index in [9.17, 15) is 4.79 Å². The highest BCUT2D eigenvalue weighted by atomic mass is 16.5. The molecule has 1 heterocycles. The van der Waals surface area contributed by atoms with Gasteiger partial charge in [-0.05, 0) is 6.07 Å². The summed E-state index contributed by atoms with van der Waals surface area (Å²) in [6.45, 7) is 5.02. The first-order chi connectivity index (χ1) is 5.24. The quantitative estimate of drug-likeness (QED) is 0.588. The van der Waals surface area contributed by atoms with Gasteiger partial charge in [-0.2, -0.15) is 0 Å². The Morgan fingerprint density at radius 1 is 1.73 bits per heavy atom. The summed E-state index contributed by atoms with van der Waals surface area (Å²) in [5.41, 5.74) is 0.400. The molecular formula is C8H7NO2. The van der Waals surface area contributed by atoms with Crippen LogP contribution in [0.15, 0.2) is 18.3 Å². The van der Waals surface area contributed by atoms with E-state index in [0.29, 0.717) is 11.4 Å². The number of carbonyl (C=O) groups excluding carboxylic acids is 1. The highest BCUT2D eigenvalue weighted by Crippen LogP contribution is 2.08. The van der Waals surface area contributed by atoms with Gasteiger partial charge in [-0.3, -0.25) is 4.79 Å². The van der Waals surface area contributed by atoms with Crippen LogP contribution in [0, 0.1) is 6.92 Å². The molecule has 0 saturated heterocycles. The maximum atomic E-state index is 10.6. The lowest BCUT2D eigenvalue weighted by atomic mass is 10.2. The van der Waals surface area contributed by atoms with Gasteiger partial charge in [0.1, 0.15) is 0 Å². The molecule has 1 aromatic rings. The predicted molar refractivity (Wildman–Crippen MR) is 39.4 cm³/mol. The normalized spacial score (nSPS) is 9.27. The van der Waals surface area contributed by atoms with E-state index in [-0.39, 0.29) is 0 Å². The Labute approximate surface area is 65.0 Å². The number of nitrogens with zero attached hydrogens (tertiary/aromatic N) is 1. The minimum Gasteiger partial charge on any atom is -0.481 e. The molecule has 0 saturated carbocycles. The molecule has 56 valence electrons. The van der Waals surface area contributed by atoms with Gasteiger partial charge >= 0.3 is 0 Å². The minimum absolute atomic E-state index is 0.390. The van der Waals surface area contributed by atoms with Crippen LogP contribution in [0.2, 0.25) is 0 Å². The topological polar surface area (TPSA) is 39.2 Å². The number of rotatable bonds is 2. The highest BCUT2D eigenvalue weighted by Gasteiger charge is 2.00. The van der Waals surface area contributed by atoms with Crippen molar-refractivity contribution in [1.29, 1.82) is 0 Å². The Kier molecular flexibility index (Phi) is 2.21. The van der Waals surface area contributed by atoms with E-state index in [4.69, 9.17) is 11.7 Å². The van der Waals surface area contributed by atoms with Gasteiger partial charge in [-0.15, -0.1) is 0 Å². The zero-order chi connectivity index (χ0) is 8.27. The number of Topliss-reactive ketones (excluding diaryl/α,β-unsaturated/α-hetero) is 1. The smallest absolute Gasteiger partial charge is 0.213 e. The molecule has 0 atom stereocenters. The molecule has 0 unspecified atom stereocenters. The van der Waals surface area contributed by atoms with Crippen molar-refractivity contribution in [3.8, 4) is 5.88 Å². The van der Waals surface area contributed by atoms with Crippen molar-refractivity contribution in [2.75, 3.05) is 7.11 Å². The van der Waals surface area contributed by atoms with Crippen molar-refractivity contribution in [3.63, 3.8) is 0 Å². The zero-order valence-corrected chi connectivity index (χ0v) is 6.07. The van der Waals surface area contributed by atoms with Crippen molar-refractivity contribution < 1.29 is 9.53 Å². The van der Waals surface area contributed by atoms with Crippen LogP contribution in [0.4, 0.5) is 0 Å². The fourth-order valence-electron chi connectivity index (χ4n) is 0.674. The second-order valence-electron chi connectivity index (χ2n) is 1.95. The van der Waals surface area contributed by atoms with Crippen LogP contribution in [0.1, 0.15) is 10.4 Å². The van der Waals surface area contributed by atoms with Gasteiger partial charge in [0.2, 0.25) is 5.88 Å². The number of ether oxygens (including phenoxy) is 1. The number of pyridine rings is 1. The summed E-state index contributed by atoms with van der Waals surface area (Å²) in [7, 11) is 1.48. The molecule has 0 aromatic carbocycles. The van der Waals surface area contributed by atoms with Crippen molar-refractivity contribution in [3.05, 3.63) is 30.8 Å². The summed E-state index contributed by atoms with van der Waals surface area (Å²) in [6, 6.07) is 3.02. The lowest BCUT2D eigenvalue weighted by Gasteiger charge is -1.98. The first-order valence-corrected chi connectivity index (χ1v) is 3.04. The van der Waals surface area contributed by atoms with Gasteiger partial charge in [-0.1, -0.05) is 0 Å². The molecule has 1 aromatic heterocycles. The van der Waals surface area contributed by atoms with Crippen LogP contribution in [-0.2, 0) is 0 Å². The standard InChI is InChI=1S/C8H7NO2/c1-6(10)7-3-4-9-8(5-7)11-2/h1,3-5H,2H3. The van der Waals surface area contributed by atoms with Gasteiger partial charge in [0.15, 0.2) is 5.78 Å². The third-order valence-corrected chi connectivity index (χ3v) is 1.23. The Morgan fingerprint density at radius 3 is 3.00 bits per heavy atom. The van der Waals surface area contributed by atoms with E-state index in [2.05, 4.69) is 4.98 Å². The summed E-state index contributed by atoms with van der Waals surface area (Å²) in [5.74, 6) is -0.0907. The van der Waals surface area contributed by atoms with Gasteiger partial charge in [0.05, 0.1) is 7.11 Å². The molecule has 3 heteroatoms. The summed E-state index contributed by atoms with van der Waals surface area (Å²) < 4.78 is 4.79. The second kappa shape index (κ2) is 3.14. The van der Waals surface area contributed by atoms with Crippen molar-refractivity contribution in [1.82, 2.24) is 4.98 Å². The number of carbonyl (C=O) groups is 1. The molecule has 3 nitrogen and oxygen atoms in total. The third kappa shape index (κ3) is 1.77. The highest BCUT2D eigenvalue weighted by molar-refractivity contribution is 5.99. The molecular weight excluding hydrogens is 142 g/mol. The summed E-state index contributed by atoms with van der Waals surface area (Å²) in [6.07, 6.45) is 1.47. The first kappa shape index (κ1) is 7.72. The van der Waals surface area contributed by atoms with Crippen LogP contribution < -0.4 is 4.74 Å². The average Bonchev–Trinajstić information content (AvgIpc) is 2.05. The van der Waals surface area contributed by atoms with E-state index >= 15 is 0 Å². The molecule has 0 amide bonds. The molecule has 1 rings (SSSR count). The van der Waals surface area contributed by atoms with Crippen LogP contribution >= 0.6 is 0 Å². The molecule has 0 aliphatic rings. The van der Waals surface area contributed by atoms with Crippen LogP contribution in [0.25, 0.3) is 0 Å². The third-order valence-electron chi connectivity index (χ3n) is 1.23. The molecule has 11 heavy (non-hydrogen) atoms. The van der Waals surface area contributed by atoms with Crippen LogP contribution in [0.3, 0.4) is 0 Å². The van der Waals surface area contributed by atoms with E-state index in [1.165, 1.54) is 25.4 Å². The summed E-state index contributed by atoms with van der Waals surface area (Å²) in [4.78, 5) is 14.4. The minimum atomic E-state index is -0.481. The number of ketones is 1. The monoisotopic (exact) mass is 149 g/mol. The Morgan fingerprint density at radius 2 is 2.45 bits per heavy atom. The molecule has 0 N–H and O–H groups in total. The summed E-state index contributed by atoms with van der Waals surface area (Å²) in [5, 5.41) is 0. The first-order valence-electron chi connectivity index (χ1n) is 3.04. The van der Waals surface area contributed by atoms with Gasteiger partial charge in [-0.25, -0.2) is 4.98 Å². The molecule has 0 bridgehead atoms. The van der Waals surface area contributed by atoms with Gasteiger partial charge < -0.3 is 4.74 Å². The van der Waals surface area contributed by atoms with Crippen LogP contribution in [-0.4, -0.2) is 17.9 Å². The Balaban J connectivity index is 3.01. The Bertz CT molecular complexity index is 271. The molecule has 0 aliphatic carbocycles. The average molecular weight is 149 g/mol. The number of methoxy groups -OCH3 is 1. The van der Waals surface area contributed by atoms with Crippen molar-refractivity contribution >= 4 is 5.78 Å². The molecule has 0 spiro atoms. The lowest BCUT2D eigenvalue weighted by Crippen LogP contribution is -1.94. The number of hydrogen-bond acceptors (Lipinski definition) is 3. The maximum absolute atomic E-state index is 10.6. The summed E-state index contributed by atoms with van der Waals surface area (Å²) >= 11 is 0. The second-order valence-corrected chi connectivity index (χ2v) is 1.95. The van der Waals surface area contributed by atoms with E-state index in [1.54, 1.807) is 0 Å². The largest absolute Gasteiger partial charge is 0.481 e. The lowest BCUT2D eigenvalue weighted by molar-refractivity contribution is 0.104. The fraction of sp³-hybridized carbons (Fsp3) is 0.125. The fourth-order valence-corrected chi connectivity index (χ4v) is 0.674. The van der Waals surface area contributed by atoms with Gasteiger partial charge in [0, 0.05) is 24.8 Å². The van der Waals surface area contributed by atoms with E-state index in [0.717, 1.165) is 0 Å².